The Morgan fingerprint density at radius 3 is 2.16 bits per heavy atom. The third-order valence-corrected chi connectivity index (χ3v) is 3.99. The van der Waals surface area contributed by atoms with Gasteiger partial charge in [-0.1, -0.05) is 11.6 Å². The molecule has 0 aliphatic heterocycles. The van der Waals surface area contributed by atoms with Crippen molar-refractivity contribution in [3.63, 3.8) is 0 Å². The highest BCUT2D eigenvalue weighted by Gasteiger charge is 2.20. The van der Waals surface area contributed by atoms with Gasteiger partial charge in [0.25, 0.3) is 0 Å². The van der Waals surface area contributed by atoms with Gasteiger partial charge in [-0.05, 0) is 12.1 Å². The van der Waals surface area contributed by atoms with E-state index in [0.29, 0.717) is 5.56 Å². The molecule has 0 aliphatic carbocycles. The number of methoxy groups -OCH3 is 2. The molecule has 0 bridgehead atoms. The van der Waals surface area contributed by atoms with Crippen LogP contribution in [0.2, 0.25) is 5.02 Å². The zero-order valence-corrected chi connectivity index (χ0v) is 13.9. The Morgan fingerprint density at radius 2 is 1.60 bits per heavy atom. The van der Waals surface area contributed by atoms with Crippen molar-refractivity contribution >= 4 is 22.6 Å². The first kappa shape index (κ1) is 16.8. The first-order valence-electron chi connectivity index (χ1n) is 7.01. The number of benzene rings is 2. The van der Waals surface area contributed by atoms with Crippen LogP contribution in [0.1, 0.15) is 0 Å². The average molecular weight is 365 g/mol. The molecule has 3 N–H and O–H groups in total. The second-order valence-corrected chi connectivity index (χ2v) is 5.52. The summed E-state index contributed by atoms with van der Waals surface area (Å²) in [5.74, 6) is -0.789. The number of phenols is 3. The molecule has 0 fully saturated rings. The van der Waals surface area contributed by atoms with Crippen LogP contribution in [0.15, 0.2) is 33.5 Å². The van der Waals surface area contributed by atoms with Gasteiger partial charge in [-0.25, -0.2) is 0 Å². The molecule has 0 saturated heterocycles. The van der Waals surface area contributed by atoms with Gasteiger partial charge in [-0.2, -0.15) is 0 Å². The van der Waals surface area contributed by atoms with Gasteiger partial charge in [0, 0.05) is 17.7 Å². The lowest BCUT2D eigenvalue weighted by molar-refractivity contribution is 0.340. The number of hydrogen-bond acceptors (Lipinski definition) is 7. The van der Waals surface area contributed by atoms with Gasteiger partial charge in [0.15, 0.2) is 17.3 Å². The van der Waals surface area contributed by atoms with Crippen LogP contribution in [0.4, 0.5) is 0 Å². The number of halogens is 1. The van der Waals surface area contributed by atoms with Crippen LogP contribution in [0, 0.1) is 0 Å². The van der Waals surface area contributed by atoms with Gasteiger partial charge in [0.1, 0.15) is 27.5 Å². The van der Waals surface area contributed by atoms with E-state index in [1.807, 2.05) is 0 Å². The van der Waals surface area contributed by atoms with E-state index in [1.54, 1.807) is 0 Å². The molecule has 7 nitrogen and oxygen atoms in total. The maximum absolute atomic E-state index is 12.5. The molecule has 25 heavy (non-hydrogen) atoms. The van der Waals surface area contributed by atoms with Crippen LogP contribution in [0.3, 0.4) is 0 Å². The second kappa shape index (κ2) is 6.10. The summed E-state index contributed by atoms with van der Waals surface area (Å²) in [5.41, 5.74) is -0.410. The van der Waals surface area contributed by atoms with Crippen LogP contribution in [-0.2, 0) is 0 Å². The lowest BCUT2D eigenvalue weighted by Crippen LogP contribution is -2.04. The van der Waals surface area contributed by atoms with E-state index < -0.39 is 11.2 Å². The molecule has 8 heteroatoms. The third kappa shape index (κ3) is 2.68. The molecule has 0 spiro atoms. The fourth-order valence-electron chi connectivity index (χ4n) is 2.47. The predicted molar refractivity (Wildman–Crippen MR) is 91.0 cm³/mol. The molecule has 1 heterocycles. The molecular formula is C17H13ClO7. The third-order valence-electron chi connectivity index (χ3n) is 3.65. The monoisotopic (exact) mass is 364 g/mol. The normalized spacial score (nSPS) is 10.8. The van der Waals surface area contributed by atoms with Crippen molar-refractivity contribution in [3.8, 4) is 40.1 Å². The van der Waals surface area contributed by atoms with Crippen molar-refractivity contribution in [2.45, 2.75) is 0 Å². The minimum absolute atomic E-state index is 0.0271. The zero-order chi connectivity index (χ0) is 18.3. The van der Waals surface area contributed by atoms with Gasteiger partial charge in [-0.3, -0.25) is 4.79 Å². The van der Waals surface area contributed by atoms with E-state index in [2.05, 4.69) is 0 Å². The molecule has 0 atom stereocenters. The van der Waals surface area contributed by atoms with Crippen LogP contribution in [0.25, 0.3) is 22.3 Å². The maximum Gasteiger partial charge on any atom is 0.215 e. The van der Waals surface area contributed by atoms with Gasteiger partial charge in [0.2, 0.25) is 11.2 Å². The fraction of sp³-hybridized carbons (Fsp3) is 0.118. The standard InChI is InChI=1S/C17H13ClO7/c1-23-11-3-7(4-12(24-2)15(11)21)17-14(18)16(22)13-9(20)5-8(19)6-10(13)25-17/h3-6,19-21H,1-2H3. The van der Waals surface area contributed by atoms with E-state index in [-0.39, 0.29) is 44.8 Å². The second-order valence-electron chi connectivity index (χ2n) is 5.14. The summed E-state index contributed by atoms with van der Waals surface area (Å²) < 4.78 is 15.8. The van der Waals surface area contributed by atoms with E-state index in [1.165, 1.54) is 32.4 Å². The van der Waals surface area contributed by atoms with E-state index in [4.69, 9.17) is 25.5 Å². The van der Waals surface area contributed by atoms with E-state index in [0.717, 1.165) is 6.07 Å². The van der Waals surface area contributed by atoms with Crippen molar-refractivity contribution < 1.29 is 29.2 Å². The van der Waals surface area contributed by atoms with E-state index in [9.17, 15) is 20.1 Å². The van der Waals surface area contributed by atoms with Crippen molar-refractivity contribution in [1.29, 1.82) is 0 Å². The maximum atomic E-state index is 12.5. The number of fused-ring (bicyclic) bond motifs is 1. The number of hydrogen-bond donors (Lipinski definition) is 3. The van der Waals surface area contributed by atoms with Crippen LogP contribution >= 0.6 is 11.6 Å². The first-order valence-corrected chi connectivity index (χ1v) is 7.38. The topological polar surface area (TPSA) is 109 Å². The number of aromatic hydroxyl groups is 3. The Bertz CT molecular complexity index is 1010. The summed E-state index contributed by atoms with van der Waals surface area (Å²) in [6, 6.07) is 5.03. The van der Waals surface area contributed by atoms with Crippen molar-refractivity contribution in [3.05, 3.63) is 39.5 Å². The summed E-state index contributed by atoms with van der Waals surface area (Å²) in [7, 11) is 2.71. The van der Waals surface area contributed by atoms with Crippen molar-refractivity contribution in [2.75, 3.05) is 14.2 Å². The molecule has 0 aliphatic rings. The van der Waals surface area contributed by atoms with Crippen LogP contribution in [0.5, 0.6) is 28.7 Å². The number of ether oxygens (including phenoxy) is 2. The molecule has 0 amide bonds. The minimum atomic E-state index is -0.665. The average Bonchev–Trinajstić information content (AvgIpc) is 2.57. The number of phenolic OH excluding ortho intramolecular Hbond substituents is 3. The largest absolute Gasteiger partial charge is 0.508 e. The smallest absolute Gasteiger partial charge is 0.215 e. The summed E-state index contributed by atoms with van der Waals surface area (Å²) in [6.45, 7) is 0. The zero-order valence-electron chi connectivity index (χ0n) is 13.2. The summed E-state index contributed by atoms with van der Waals surface area (Å²) in [6.07, 6.45) is 0. The highest BCUT2D eigenvalue weighted by atomic mass is 35.5. The Morgan fingerprint density at radius 1 is 1.00 bits per heavy atom. The predicted octanol–water partition coefficient (Wildman–Crippen LogP) is 3.25. The quantitative estimate of drug-likeness (QED) is 0.654. The van der Waals surface area contributed by atoms with Gasteiger partial charge < -0.3 is 29.2 Å². The van der Waals surface area contributed by atoms with Crippen molar-refractivity contribution in [1.82, 2.24) is 0 Å². The molecule has 130 valence electrons. The molecule has 0 saturated carbocycles. The molecule has 0 radical (unpaired) electrons. The lowest BCUT2D eigenvalue weighted by atomic mass is 10.1. The van der Waals surface area contributed by atoms with Gasteiger partial charge in [-0.15, -0.1) is 0 Å². The SMILES string of the molecule is COc1cc(-c2oc3cc(O)cc(O)c3c(=O)c2Cl)cc(OC)c1O. The molecule has 3 aromatic rings. The number of rotatable bonds is 3. The summed E-state index contributed by atoms with van der Waals surface area (Å²) in [4.78, 5) is 12.5. The molecule has 1 aromatic heterocycles. The van der Waals surface area contributed by atoms with Crippen LogP contribution in [-0.4, -0.2) is 29.5 Å². The molecule has 0 unspecified atom stereocenters. The molecule has 3 rings (SSSR count). The fourth-order valence-corrected chi connectivity index (χ4v) is 2.72. The lowest BCUT2D eigenvalue weighted by Gasteiger charge is -2.12. The first-order chi connectivity index (χ1) is 11.9. The summed E-state index contributed by atoms with van der Waals surface area (Å²) in [5, 5.41) is 29.0. The Hall–Kier alpha value is -3.06. The minimum Gasteiger partial charge on any atom is -0.508 e. The van der Waals surface area contributed by atoms with Crippen molar-refractivity contribution in [2.24, 2.45) is 0 Å². The van der Waals surface area contributed by atoms with Crippen LogP contribution < -0.4 is 14.9 Å². The highest BCUT2D eigenvalue weighted by molar-refractivity contribution is 6.33. The Balaban J connectivity index is 2.37. The Labute approximate surface area is 146 Å². The highest BCUT2D eigenvalue weighted by Crippen LogP contribution is 2.42. The van der Waals surface area contributed by atoms with Gasteiger partial charge in [0.05, 0.1) is 14.2 Å². The summed E-state index contributed by atoms with van der Waals surface area (Å²) >= 11 is 6.13. The molecule has 2 aromatic carbocycles. The van der Waals surface area contributed by atoms with E-state index >= 15 is 0 Å². The van der Waals surface area contributed by atoms with Gasteiger partial charge >= 0.3 is 0 Å². The molecular weight excluding hydrogens is 352 g/mol. The Kier molecular flexibility index (Phi) is 4.10.